The first kappa shape index (κ1) is 14.1. The summed E-state index contributed by atoms with van der Waals surface area (Å²) in [6.45, 7) is 0.376. The molecule has 2 aromatic rings. The number of aliphatic hydroxyl groups is 1. The Morgan fingerprint density at radius 1 is 1.05 bits per heavy atom. The number of aromatic hydroxyl groups is 1. The summed E-state index contributed by atoms with van der Waals surface area (Å²) in [6.07, 6.45) is -0.765. The molecule has 0 aliphatic rings. The first-order valence-electron chi connectivity index (χ1n) is 6.43. The van der Waals surface area contributed by atoms with Gasteiger partial charge in [0, 0.05) is 6.54 Å². The fourth-order valence-electron chi connectivity index (χ4n) is 1.86. The number of carbonyl (C=O) groups is 1. The number of hydrogen-bond acceptors (Lipinski definition) is 3. The molecular weight excluding hydrogens is 254 g/mol. The van der Waals surface area contributed by atoms with E-state index in [4.69, 9.17) is 5.11 Å². The molecule has 0 heterocycles. The van der Waals surface area contributed by atoms with Crippen LogP contribution in [0.3, 0.4) is 0 Å². The monoisotopic (exact) mass is 271 g/mol. The molecule has 4 nitrogen and oxygen atoms in total. The van der Waals surface area contributed by atoms with Gasteiger partial charge < -0.3 is 15.5 Å². The van der Waals surface area contributed by atoms with Gasteiger partial charge in [0.25, 0.3) is 0 Å². The first-order valence-corrected chi connectivity index (χ1v) is 6.43. The lowest BCUT2D eigenvalue weighted by molar-refractivity contribution is -0.123. The van der Waals surface area contributed by atoms with E-state index in [1.807, 2.05) is 18.2 Å². The normalized spacial score (nSPS) is 11.8. The van der Waals surface area contributed by atoms with E-state index in [0.29, 0.717) is 6.54 Å². The van der Waals surface area contributed by atoms with Gasteiger partial charge in [-0.3, -0.25) is 4.79 Å². The number of benzene rings is 2. The van der Waals surface area contributed by atoms with Crippen LogP contribution in [0.25, 0.3) is 0 Å². The summed E-state index contributed by atoms with van der Waals surface area (Å²) in [6, 6.07) is 15.7. The number of hydrogen-bond donors (Lipinski definition) is 3. The van der Waals surface area contributed by atoms with Gasteiger partial charge in [0.15, 0.2) is 0 Å². The second-order valence-corrected chi connectivity index (χ2v) is 4.57. The van der Waals surface area contributed by atoms with E-state index in [1.165, 1.54) is 0 Å². The Morgan fingerprint density at radius 3 is 2.35 bits per heavy atom. The maximum absolute atomic E-state index is 11.7. The van der Waals surface area contributed by atoms with Crippen LogP contribution in [0.1, 0.15) is 23.7 Å². The third kappa shape index (κ3) is 4.10. The van der Waals surface area contributed by atoms with Crippen molar-refractivity contribution in [1.29, 1.82) is 0 Å². The molecule has 1 amide bonds. The van der Waals surface area contributed by atoms with Crippen LogP contribution in [0.2, 0.25) is 0 Å². The summed E-state index contributed by atoms with van der Waals surface area (Å²) < 4.78 is 0. The van der Waals surface area contributed by atoms with E-state index < -0.39 is 6.10 Å². The number of amides is 1. The van der Waals surface area contributed by atoms with Crippen LogP contribution in [0.4, 0.5) is 0 Å². The van der Waals surface area contributed by atoms with Crippen LogP contribution >= 0.6 is 0 Å². The lowest BCUT2D eigenvalue weighted by Crippen LogP contribution is -2.24. The van der Waals surface area contributed by atoms with E-state index in [-0.39, 0.29) is 18.1 Å². The van der Waals surface area contributed by atoms with Gasteiger partial charge in [-0.15, -0.1) is 0 Å². The highest BCUT2D eigenvalue weighted by Gasteiger charge is 2.12. The number of carbonyl (C=O) groups excluding carboxylic acids is 1. The molecule has 0 spiro atoms. The van der Waals surface area contributed by atoms with Crippen molar-refractivity contribution in [2.24, 2.45) is 0 Å². The lowest BCUT2D eigenvalue weighted by atomic mass is 10.1. The minimum Gasteiger partial charge on any atom is -0.508 e. The summed E-state index contributed by atoms with van der Waals surface area (Å²) in [7, 11) is 0. The molecule has 104 valence electrons. The topological polar surface area (TPSA) is 69.6 Å². The van der Waals surface area contributed by atoms with Crippen molar-refractivity contribution in [1.82, 2.24) is 5.32 Å². The lowest BCUT2D eigenvalue weighted by Gasteiger charge is -2.11. The van der Waals surface area contributed by atoms with E-state index in [0.717, 1.165) is 11.1 Å². The Hall–Kier alpha value is -2.33. The molecule has 1 unspecified atom stereocenters. The second-order valence-electron chi connectivity index (χ2n) is 4.57. The molecule has 0 radical (unpaired) electrons. The Morgan fingerprint density at radius 2 is 1.70 bits per heavy atom. The molecule has 4 heteroatoms. The van der Waals surface area contributed by atoms with Gasteiger partial charge in [0.1, 0.15) is 5.75 Å². The average molecular weight is 271 g/mol. The minimum absolute atomic E-state index is 0.0299. The van der Waals surface area contributed by atoms with Gasteiger partial charge in [0.05, 0.1) is 12.5 Å². The smallest absolute Gasteiger partial charge is 0.223 e. The first-order chi connectivity index (χ1) is 9.65. The van der Waals surface area contributed by atoms with Crippen molar-refractivity contribution in [3.8, 4) is 5.75 Å². The predicted molar refractivity (Wildman–Crippen MR) is 76.0 cm³/mol. The third-order valence-corrected chi connectivity index (χ3v) is 2.99. The molecule has 0 aliphatic carbocycles. The van der Waals surface area contributed by atoms with Gasteiger partial charge in [-0.05, 0) is 23.3 Å². The predicted octanol–water partition coefficient (Wildman–Crippen LogP) is 2.13. The van der Waals surface area contributed by atoms with E-state index in [1.54, 1.807) is 36.4 Å². The zero-order valence-electron chi connectivity index (χ0n) is 11.0. The molecule has 1 atom stereocenters. The number of aliphatic hydroxyl groups excluding tert-OH is 1. The number of rotatable bonds is 5. The second kappa shape index (κ2) is 6.73. The Labute approximate surface area is 117 Å². The summed E-state index contributed by atoms with van der Waals surface area (Å²) in [5, 5.41) is 21.8. The Kier molecular flexibility index (Phi) is 4.74. The molecule has 3 N–H and O–H groups in total. The van der Waals surface area contributed by atoms with Gasteiger partial charge in [-0.2, -0.15) is 0 Å². The Balaban J connectivity index is 1.82. The largest absolute Gasteiger partial charge is 0.508 e. The third-order valence-electron chi connectivity index (χ3n) is 2.99. The Bertz CT molecular complexity index is 552. The number of phenols is 1. The van der Waals surface area contributed by atoms with Crippen molar-refractivity contribution < 1.29 is 15.0 Å². The fourth-order valence-corrected chi connectivity index (χ4v) is 1.86. The van der Waals surface area contributed by atoms with E-state index in [9.17, 15) is 9.90 Å². The van der Waals surface area contributed by atoms with Crippen LogP contribution in [0.15, 0.2) is 54.6 Å². The molecule has 0 fully saturated rings. The van der Waals surface area contributed by atoms with Crippen LogP contribution < -0.4 is 5.32 Å². The highest BCUT2D eigenvalue weighted by Crippen LogP contribution is 2.15. The molecule has 0 bridgehead atoms. The SMILES string of the molecule is O=C(CC(O)c1ccccc1)NCc1ccc(O)cc1. The van der Waals surface area contributed by atoms with Crippen LogP contribution in [0.5, 0.6) is 5.75 Å². The molecule has 20 heavy (non-hydrogen) atoms. The van der Waals surface area contributed by atoms with Crippen molar-refractivity contribution in [2.75, 3.05) is 0 Å². The van der Waals surface area contributed by atoms with Crippen LogP contribution in [-0.4, -0.2) is 16.1 Å². The summed E-state index contributed by atoms with van der Waals surface area (Å²) in [5.74, 6) is -0.0194. The molecule has 0 saturated carbocycles. The van der Waals surface area contributed by atoms with Crippen molar-refractivity contribution in [3.63, 3.8) is 0 Å². The zero-order valence-corrected chi connectivity index (χ0v) is 11.0. The van der Waals surface area contributed by atoms with Gasteiger partial charge in [0.2, 0.25) is 5.91 Å². The van der Waals surface area contributed by atoms with Crippen LogP contribution in [-0.2, 0) is 11.3 Å². The number of phenolic OH excluding ortho intramolecular Hbond substituents is 1. The number of nitrogens with one attached hydrogen (secondary N) is 1. The molecule has 0 saturated heterocycles. The minimum atomic E-state index is -0.795. The van der Waals surface area contributed by atoms with Crippen molar-refractivity contribution in [3.05, 3.63) is 65.7 Å². The summed E-state index contributed by atoms with van der Waals surface area (Å²) >= 11 is 0. The molecule has 0 aromatic heterocycles. The maximum Gasteiger partial charge on any atom is 0.223 e. The maximum atomic E-state index is 11.7. The van der Waals surface area contributed by atoms with Gasteiger partial charge >= 0.3 is 0 Å². The zero-order chi connectivity index (χ0) is 14.4. The summed E-state index contributed by atoms with van der Waals surface area (Å²) in [4.78, 5) is 11.7. The highest BCUT2D eigenvalue weighted by molar-refractivity contribution is 5.76. The molecular formula is C16H17NO3. The fraction of sp³-hybridized carbons (Fsp3) is 0.188. The average Bonchev–Trinajstić information content (AvgIpc) is 2.47. The van der Waals surface area contributed by atoms with E-state index >= 15 is 0 Å². The van der Waals surface area contributed by atoms with Gasteiger partial charge in [-0.25, -0.2) is 0 Å². The van der Waals surface area contributed by atoms with Crippen LogP contribution in [0, 0.1) is 0 Å². The standard InChI is InChI=1S/C16H17NO3/c18-14-8-6-12(7-9-14)11-17-16(20)10-15(19)13-4-2-1-3-5-13/h1-9,15,18-19H,10-11H2,(H,17,20). The quantitative estimate of drug-likeness (QED) is 0.780. The summed E-state index contributed by atoms with van der Waals surface area (Å²) in [5.41, 5.74) is 1.62. The molecule has 2 aromatic carbocycles. The molecule has 2 rings (SSSR count). The highest BCUT2D eigenvalue weighted by atomic mass is 16.3. The molecule has 0 aliphatic heterocycles. The van der Waals surface area contributed by atoms with E-state index in [2.05, 4.69) is 5.32 Å². The van der Waals surface area contributed by atoms with Crippen molar-refractivity contribution >= 4 is 5.91 Å². The van der Waals surface area contributed by atoms with Crippen molar-refractivity contribution in [2.45, 2.75) is 19.1 Å². The van der Waals surface area contributed by atoms with Gasteiger partial charge in [-0.1, -0.05) is 42.5 Å².